The summed E-state index contributed by atoms with van der Waals surface area (Å²) in [5, 5.41) is 11.5. The first-order valence-corrected chi connectivity index (χ1v) is 16.9. The van der Waals surface area contributed by atoms with Crippen LogP contribution in [0.5, 0.6) is 5.75 Å². The lowest BCUT2D eigenvalue weighted by molar-refractivity contribution is -0.131. The first-order valence-electron chi connectivity index (χ1n) is 16.9. The van der Waals surface area contributed by atoms with Crippen molar-refractivity contribution in [2.75, 3.05) is 9.80 Å². The minimum absolute atomic E-state index is 0.0639. The van der Waals surface area contributed by atoms with Crippen molar-refractivity contribution in [2.45, 2.75) is 32.6 Å². The Hall–Kier alpha value is -5.83. The second-order valence-electron chi connectivity index (χ2n) is 14.1. The lowest BCUT2D eigenvalue weighted by atomic mass is 9.51. The van der Waals surface area contributed by atoms with E-state index in [9.17, 15) is 24.3 Å². The number of hydrogen-bond acceptors (Lipinski definition) is 7. The predicted molar refractivity (Wildman–Crippen MR) is 186 cm³/mol. The molecular weight excluding hydrogens is 630 g/mol. The van der Waals surface area contributed by atoms with Gasteiger partial charge in [-0.3, -0.25) is 24.1 Å². The number of oxazole rings is 1. The number of carbonyl (C=O) groups is 4. The van der Waals surface area contributed by atoms with E-state index in [1.807, 2.05) is 49.4 Å². The van der Waals surface area contributed by atoms with Crippen LogP contribution in [0.4, 0.5) is 11.4 Å². The number of allylic oxidation sites excluding steroid dienone is 2. The molecule has 0 bridgehead atoms. The maximum absolute atomic E-state index is 14.5. The SMILES string of the molecule is Cc1cccc(C2C3=CCC4C(=O)N(c5ccc(-c6nc7ccccc7o6)cc5)C(=O)C4C3CC3C(=O)N(c4ccccc4)C(=O)C32C)c1O. The van der Waals surface area contributed by atoms with E-state index in [0.717, 1.165) is 11.1 Å². The fourth-order valence-electron chi connectivity index (χ4n) is 9.10. The summed E-state index contributed by atoms with van der Waals surface area (Å²) in [7, 11) is 0. The molecule has 4 aromatic carbocycles. The van der Waals surface area contributed by atoms with Crippen molar-refractivity contribution in [1.29, 1.82) is 0 Å². The number of aromatic nitrogens is 1. The summed E-state index contributed by atoms with van der Waals surface area (Å²) in [6.07, 6.45) is 2.55. The van der Waals surface area contributed by atoms with Crippen LogP contribution in [-0.2, 0) is 19.2 Å². The molecule has 6 unspecified atom stereocenters. The fraction of sp³-hybridized carbons (Fsp3) is 0.244. The minimum atomic E-state index is -1.22. The summed E-state index contributed by atoms with van der Waals surface area (Å²) in [6.45, 7) is 3.62. The van der Waals surface area contributed by atoms with Crippen LogP contribution in [0.25, 0.3) is 22.6 Å². The Morgan fingerprint density at radius 3 is 2.26 bits per heavy atom. The molecule has 9 heteroatoms. The van der Waals surface area contributed by atoms with Gasteiger partial charge in [0, 0.05) is 17.0 Å². The van der Waals surface area contributed by atoms with Gasteiger partial charge in [-0.15, -0.1) is 0 Å². The number of phenolic OH excluding ortho intramolecular Hbond substituents is 1. The van der Waals surface area contributed by atoms with Crippen LogP contribution in [0.2, 0.25) is 0 Å². The van der Waals surface area contributed by atoms with Crippen LogP contribution in [0.15, 0.2) is 113 Å². The molecule has 2 saturated heterocycles. The summed E-state index contributed by atoms with van der Waals surface area (Å²) in [4.78, 5) is 64.5. The van der Waals surface area contributed by atoms with Crippen LogP contribution < -0.4 is 9.80 Å². The maximum atomic E-state index is 14.5. The first-order chi connectivity index (χ1) is 24.2. The Morgan fingerprint density at radius 1 is 0.780 bits per heavy atom. The zero-order chi connectivity index (χ0) is 34.5. The zero-order valence-electron chi connectivity index (χ0n) is 27.4. The number of amides is 4. The van der Waals surface area contributed by atoms with Crippen molar-refractivity contribution in [3.05, 3.63) is 120 Å². The third-order valence-electron chi connectivity index (χ3n) is 11.5. The smallest absolute Gasteiger partial charge is 0.241 e. The van der Waals surface area contributed by atoms with E-state index >= 15 is 0 Å². The Bertz CT molecular complexity index is 2260. The van der Waals surface area contributed by atoms with E-state index in [0.29, 0.717) is 46.0 Å². The van der Waals surface area contributed by atoms with Gasteiger partial charge in [0.2, 0.25) is 29.5 Å². The summed E-state index contributed by atoms with van der Waals surface area (Å²) < 4.78 is 5.92. The number of para-hydroxylation sites is 4. The Morgan fingerprint density at radius 2 is 1.50 bits per heavy atom. The third kappa shape index (κ3) is 4.09. The topological polar surface area (TPSA) is 121 Å². The van der Waals surface area contributed by atoms with Gasteiger partial charge in [-0.05, 0) is 86.7 Å². The number of phenols is 1. The quantitative estimate of drug-likeness (QED) is 0.163. The summed E-state index contributed by atoms with van der Waals surface area (Å²) >= 11 is 0. The number of benzene rings is 4. The molecule has 248 valence electrons. The van der Waals surface area contributed by atoms with Gasteiger partial charge >= 0.3 is 0 Å². The van der Waals surface area contributed by atoms with Crippen LogP contribution in [0.1, 0.15) is 36.8 Å². The Kier molecular flexibility index (Phi) is 6.55. The van der Waals surface area contributed by atoms with Gasteiger partial charge in [0.05, 0.1) is 34.5 Å². The van der Waals surface area contributed by atoms with Gasteiger partial charge in [-0.2, -0.15) is 0 Å². The molecule has 3 heterocycles. The number of aryl methyl sites for hydroxylation is 1. The highest BCUT2D eigenvalue weighted by atomic mass is 16.3. The van der Waals surface area contributed by atoms with Gasteiger partial charge in [0.1, 0.15) is 11.3 Å². The van der Waals surface area contributed by atoms with Crippen LogP contribution in [0, 0.1) is 36.0 Å². The van der Waals surface area contributed by atoms with Gasteiger partial charge < -0.3 is 9.52 Å². The zero-order valence-corrected chi connectivity index (χ0v) is 27.4. The minimum Gasteiger partial charge on any atom is -0.507 e. The lowest BCUT2D eigenvalue weighted by Crippen LogP contribution is -2.49. The molecule has 1 N–H and O–H groups in total. The maximum Gasteiger partial charge on any atom is 0.241 e. The molecule has 0 radical (unpaired) electrons. The molecule has 4 aliphatic rings. The standard InChI is InChI=1S/C41H33N3O6/c1-22-9-8-12-28(35(22)45)34-26-19-20-27-33(29(26)21-30-38(47)44(40(49)41(30,34)2)24-10-4-3-5-11-24)39(48)43(37(27)46)25-17-15-23(16-18-25)36-42-31-13-6-7-14-32(31)50-36/h3-19,27,29-30,33-34,45H,20-21H2,1-2H3. The van der Waals surface area contributed by atoms with Crippen molar-refractivity contribution in [2.24, 2.45) is 29.1 Å². The average Bonchev–Trinajstić information content (AvgIpc) is 3.74. The van der Waals surface area contributed by atoms with E-state index in [4.69, 9.17) is 4.42 Å². The van der Waals surface area contributed by atoms with Crippen LogP contribution in [-0.4, -0.2) is 33.7 Å². The molecule has 9 nitrogen and oxygen atoms in total. The van der Waals surface area contributed by atoms with Crippen molar-refractivity contribution in [1.82, 2.24) is 4.98 Å². The second-order valence-corrected chi connectivity index (χ2v) is 14.1. The number of imide groups is 2. The molecular formula is C41H33N3O6. The van der Waals surface area contributed by atoms with Crippen molar-refractivity contribution < 1.29 is 28.7 Å². The summed E-state index contributed by atoms with van der Waals surface area (Å²) in [6, 6.07) is 28.8. The van der Waals surface area contributed by atoms with Crippen molar-refractivity contribution >= 4 is 46.1 Å². The number of anilines is 2. The monoisotopic (exact) mass is 663 g/mol. The number of carbonyl (C=O) groups excluding carboxylic acids is 4. The summed E-state index contributed by atoms with van der Waals surface area (Å²) in [5.74, 6) is -4.02. The summed E-state index contributed by atoms with van der Waals surface area (Å²) in [5.41, 5.74) is 3.85. The fourth-order valence-corrected chi connectivity index (χ4v) is 9.10. The predicted octanol–water partition coefficient (Wildman–Crippen LogP) is 6.94. The first kappa shape index (κ1) is 30.2. The third-order valence-corrected chi connectivity index (χ3v) is 11.5. The van der Waals surface area contributed by atoms with Gasteiger partial charge in [-0.1, -0.05) is 60.2 Å². The van der Waals surface area contributed by atoms with E-state index < -0.39 is 35.0 Å². The highest BCUT2D eigenvalue weighted by Crippen LogP contribution is 2.64. The highest BCUT2D eigenvalue weighted by Gasteiger charge is 2.68. The second kappa shape index (κ2) is 10.8. The molecule has 50 heavy (non-hydrogen) atoms. The van der Waals surface area contributed by atoms with Gasteiger partial charge in [0.25, 0.3) is 0 Å². The number of rotatable bonds is 4. The molecule has 2 aliphatic carbocycles. The molecule has 3 fully saturated rings. The highest BCUT2D eigenvalue weighted by molar-refractivity contribution is 6.25. The van der Waals surface area contributed by atoms with Gasteiger partial charge in [-0.25, -0.2) is 9.88 Å². The molecule has 1 saturated carbocycles. The van der Waals surface area contributed by atoms with Crippen molar-refractivity contribution in [3.63, 3.8) is 0 Å². The van der Waals surface area contributed by atoms with E-state index in [-0.39, 0.29) is 35.8 Å². The molecule has 0 spiro atoms. The molecule has 9 rings (SSSR count). The van der Waals surface area contributed by atoms with Crippen LogP contribution >= 0.6 is 0 Å². The lowest BCUT2D eigenvalue weighted by Gasteiger charge is -2.49. The average molecular weight is 664 g/mol. The molecule has 2 aliphatic heterocycles. The van der Waals surface area contributed by atoms with E-state index in [2.05, 4.69) is 4.98 Å². The number of aromatic hydroxyl groups is 1. The van der Waals surface area contributed by atoms with Crippen molar-refractivity contribution in [3.8, 4) is 17.2 Å². The molecule has 4 amide bonds. The van der Waals surface area contributed by atoms with E-state index in [1.54, 1.807) is 67.6 Å². The molecule has 5 aromatic rings. The van der Waals surface area contributed by atoms with Crippen LogP contribution in [0.3, 0.4) is 0 Å². The number of nitrogens with zero attached hydrogens (tertiary/aromatic N) is 3. The molecule has 6 atom stereocenters. The van der Waals surface area contributed by atoms with E-state index in [1.165, 1.54) is 9.80 Å². The van der Waals surface area contributed by atoms with Gasteiger partial charge in [0.15, 0.2) is 5.58 Å². The Balaban J connectivity index is 1.10. The normalized spacial score (nSPS) is 27.4. The number of fused-ring (bicyclic) bond motifs is 5. The number of hydrogen-bond donors (Lipinski definition) is 1. The molecule has 1 aromatic heterocycles. The largest absolute Gasteiger partial charge is 0.507 e. The Labute approximate surface area is 287 Å².